The number of hydrogen-bond donors (Lipinski definition) is 1. The van der Waals surface area contributed by atoms with E-state index in [1.807, 2.05) is 11.3 Å². The number of thiophene rings is 1. The standard InChI is InChI=1S/C11H13N3OS/c1-2-9(8-4-5-16-10(8)3-1)12-6-11-13-7-15-14-11/h4-5,7,9,12H,1-3,6H2. The van der Waals surface area contributed by atoms with Crippen LogP contribution in [0.25, 0.3) is 0 Å². The lowest BCUT2D eigenvalue weighted by Crippen LogP contribution is -2.24. The van der Waals surface area contributed by atoms with Crippen molar-refractivity contribution in [2.24, 2.45) is 0 Å². The van der Waals surface area contributed by atoms with Crippen molar-refractivity contribution < 1.29 is 4.52 Å². The van der Waals surface area contributed by atoms with Gasteiger partial charge < -0.3 is 9.84 Å². The van der Waals surface area contributed by atoms with E-state index in [9.17, 15) is 0 Å². The second-order valence-electron chi connectivity index (χ2n) is 3.97. The predicted molar refractivity (Wildman–Crippen MR) is 61.1 cm³/mol. The Labute approximate surface area is 97.7 Å². The molecule has 0 aromatic carbocycles. The molecule has 0 saturated carbocycles. The second-order valence-corrected chi connectivity index (χ2v) is 4.97. The fraction of sp³-hybridized carbons (Fsp3) is 0.455. The first kappa shape index (κ1) is 9.99. The quantitative estimate of drug-likeness (QED) is 0.887. The molecule has 1 N–H and O–H groups in total. The molecule has 1 unspecified atom stereocenters. The van der Waals surface area contributed by atoms with Crippen molar-refractivity contribution in [1.29, 1.82) is 0 Å². The molecule has 4 nitrogen and oxygen atoms in total. The highest BCUT2D eigenvalue weighted by molar-refractivity contribution is 7.10. The van der Waals surface area contributed by atoms with Crippen LogP contribution in [0.2, 0.25) is 0 Å². The number of fused-ring (bicyclic) bond motifs is 1. The van der Waals surface area contributed by atoms with E-state index in [2.05, 4.69) is 26.9 Å². The molecule has 3 rings (SSSR count). The van der Waals surface area contributed by atoms with Crippen molar-refractivity contribution in [3.05, 3.63) is 34.1 Å². The molecule has 16 heavy (non-hydrogen) atoms. The Hall–Kier alpha value is -1.20. The van der Waals surface area contributed by atoms with Crippen LogP contribution in [-0.4, -0.2) is 10.1 Å². The lowest BCUT2D eigenvalue weighted by atomic mass is 9.94. The molecule has 0 aliphatic heterocycles. The van der Waals surface area contributed by atoms with Crippen LogP contribution in [0, 0.1) is 0 Å². The summed E-state index contributed by atoms with van der Waals surface area (Å²) in [6.07, 6.45) is 5.06. The molecule has 1 atom stereocenters. The van der Waals surface area contributed by atoms with Gasteiger partial charge in [-0.25, -0.2) is 0 Å². The summed E-state index contributed by atoms with van der Waals surface area (Å²) in [4.78, 5) is 5.53. The van der Waals surface area contributed by atoms with E-state index < -0.39 is 0 Å². The zero-order chi connectivity index (χ0) is 10.8. The highest BCUT2D eigenvalue weighted by Gasteiger charge is 2.20. The van der Waals surface area contributed by atoms with Gasteiger partial charge in [-0.1, -0.05) is 5.16 Å². The van der Waals surface area contributed by atoms with Crippen molar-refractivity contribution in [2.45, 2.75) is 31.8 Å². The monoisotopic (exact) mass is 235 g/mol. The van der Waals surface area contributed by atoms with E-state index in [0.717, 1.165) is 5.82 Å². The molecule has 2 aromatic heterocycles. The zero-order valence-electron chi connectivity index (χ0n) is 8.85. The van der Waals surface area contributed by atoms with Crippen molar-refractivity contribution in [2.75, 3.05) is 0 Å². The second kappa shape index (κ2) is 4.35. The fourth-order valence-electron chi connectivity index (χ4n) is 2.18. The molecular formula is C11H13N3OS. The molecule has 1 aliphatic carbocycles. The number of aromatic nitrogens is 2. The van der Waals surface area contributed by atoms with E-state index in [-0.39, 0.29) is 0 Å². The van der Waals surface area contributed by atoms with Gasteiger partial charge in [0, 0.05) is 10.9 Å². The topological polar surface area (TPSA) is 51.0 Å². The van der Waals surface area contributed by atoms with Gasteiger partial charge in [0.2, 0.25) is 6.39 Å². The number of rotatable bonds is 3. The third-order valence-electron chi connectivity index (χ3n) is 2.97. The summed E-state index contributed by atoms with van der Waals surface area (Å²) in [5.41, 5.74) is 1.46. The SMILES string of the molecule is c1nc(CNC2CCCc3sccc32)no1. The Bertz CT molecular complexity index is 452. The molecule has 0 radical (unpaired) electrons. The minimum atomic E-state index is 0.452. The first-order valence-corrected chi connectivity index (χ1v) is 6.36. The van der Waals surface area contributed by atoms with Crippen LogP contribution in [-0.2, 0) is 13.0 Å². The van der Waals surface area contributed by atoms with Gasteiger partial charge >= 0.3 is 0 Å². The summed E-state index contributed by atoms with van der Waals surface area (Å²) >= 11 is 1.86. The van der Waals surface area contributed by atoms with Gasteiger partial charge in [-0.05, 0) is 36.3 Å². The van der Waals surface area contributed by atoms with E-state index in [0.29, 0.717) is 12.6 Å². The Morgan fingerprint density at radius 2 is 2.56 bits per heavy atom. The van der Waals surface area contributed by atoms with Crippen LogP contribution in [0.15, 0.2) is 22.4 Å². The average molecular weight is 235 g/mol. The van der Waals surface area contributed by atoms with Crippen LogP contribution in [0.3, 0.4) is 0 Å². The molecule has 0 amide bonds. The maximum absolute atomic E-state index is 4.71. The van der Waals surface area contributed by atoms with Gasteiger partial charge in [-0.15, -0.1) is 11.3 Å². The zero-order valence-corrected chi connectivity index (χ0v) is 9.67. The molecule has 1 aliphatic rings. The summed E-state index contributed by atoms with van der Waals surface area (Å²) in [6, 6.07) is 2.68. The Morgan fingerprint density at radius 3 is 3.44 bits per heavy atom. The molecular weight excluding hydrogens is 222 g/mol. The summed E-state index contributed by atoms with van der Waals surface area (Å²) < 4.78 is 4.71. The average Bonchev–Trinajstić information content (AvgIpc) is 2.97. The molecule has 2 heterocycles. The lowest BCUT2D eigenvalue weighted by Gasteiger charge is -2.23. The van der Waals surface area contributed by atoms with Crippen molar-refractivity contribution >= 4 is 11.3 Å². The maximum atomic E-state index is 4.71. The van der Waals surface area contributed by atoms with Gasteiger partial charge in [0.25, 0.3) is 0 Å². The Kier molecular flexibility index (Phi) is 2.71. The fourth-order valence-corrected chi connectivity index (χ4v) is 3.17. The van der Waals surface area contributed by atoms with Crippen LogP contribution < -0.4 is 5.32 Å². The van der Waals surface area contributed by atoms with E-state index >= 15 is 0 Å². The van der Waals surface area contributed by atoms with Gasteiger partial charge in [0.1, 0.15) is 0 Å². The van der Waals surface area contributed by atoms with Gasteiger partial charge in [-0.3, -0.25) is 0 Å². The van der Waals surface area contributed by atoms with E-state index in [1.54, 1.807) is 0 Å². The van der Waals surface area contributed by atoms with E-state index in [1.165, 1.54) is 36.1 Å². The number of aryl methyl sites for hydroxylation is 1. The number of nitrogens with zero attached hydrogens (tertiary/aromatic N) is 2. The van der Waals surface area contributed by atoms with Gasteiger partial charge in [0.05, 0.1) is 6.54 Å². The molecule has 84 valence electrons. The largest absolute Gasteiger partial charge is 0.343 e. The molecule has 0 spiro atoms. The van der Waals surface area contributed by atoms with Crippen molar-refractivity contribution in [3.63, 3.8) is 0 Å². The Balaban J connectivity index is 1.69. The first-order valence-electron chi connectivity index (χ1n) is 5.48. The van der Waals surface area contributed by atoms with Crippen LogP contribution in [0.5, 0.6) is 0 Å². The van der Waals surface area contributed by atoms with Gasteiger partial charge in [0.15, 0.2) is 5.82 Å². The van der Waals surface area contributed by atoms with Gasteiger partial charge in [-0.2, -0.15) is 4.98 Å². The van der Waals surface area contributed by atoms with Crippen LogP contribution >= 0.6 is 11.3 Å². The molecule has 0 fully saturated rings. The maximum Gasteiger partial charge on any atom is 0.213 e. The molecule has 0 bridgehead atoms. The number of nitrogens with one attached hydrogen (secondary N) is 1. The summed E-state index contributed by atoms with van der Waals surface area (Å²) in [7, 11) is 0. The number of hydrogen-bond acceptors (Lipinski definition) is 5. The Morgan fingerprint density at radius 1 is 1.56 bits per heavy atom. The molecule has 5 heteroatoms. The molecule has 2 aromatic rings. The van der Waals surface area contributed by atoms with Crippen molar-refractivity contribution in [1.82, 2.24) is 15.5 Å². The molecule has 0 saturated heterocycles. The first-order chi connectivity index (χ1) is 7.93. The van der Waals surface area contributed by atoms with Crippen LogP contribution in [0.1, 0.15) is 35.1 Å². The predicted octanol–water partition coefficient (Wildman–Crippen LogP) is 2.30. The summed E-state index contributed by atoms with van der Waals surface area (Å²) in [6.45, 7) is 0.677. The smallest absolute Gasteiger partial charge is 0.213 e. The highest BCUT2D eigenvalue weighted by atomic mass is 32.1. The summed E-state index contributed by atoms with van der Waals surface area (Å²) in [5, 5.41) is 9.47. The minimum Gasteiger partial charge on any atom is -0.343 e. The third-order valence-corrected chi connectivity index (χ3v) is 3.96. The normalized spacial score (nSPS) is 19.6. The third kappa shape index (κ3) is 1.88. The van der Waals surface area contributed by atoms with Crippen LogP contribution in [0.4, 0.5) is 0 Å². The highest BCUT2D eigenvalue weighted by Crippen LogP contribution is 2.33. The van der Waals surface area contributed by atoms with Crippen molar-refractivity contribution in [3.8, 4) is 0 Å². The van der Waals surface area contributed by atoms with E-state index in [4.69, 9.17) is 4.52 Å². The lowest BCUT2D eigenvalue weighted by molar-refractivity contribution is 0.399. The summed E-state index contributed by atoms with van der Waals surface area (Å²) in [5.74, 6) is 0.724. The minimum absolute atomic E-state index is 0.452.